The summed E-state index contributed by atoms with van der Waals surface area (Å²) in [5.74, 6) is 0.437. The van der Waals surface area contributed by atoms with E-state index < -0.39 is 11.7 Å². The normalized spacial score (nSPS) is 11.7. The zero-order valence-electron chi connectivity index (χ0n) is 14.4. The standard InChI is InChI=1S/C18H14F3N7/c19-18(20,21)14-4-2-1-3-12(14)6-8-28-10-16(23-11-28)15-9-13(5-7-22-15)17-24-26-27-25-17/h1-5,7,9-11H,6,8H2,(H,24,25,26,27). The predicted molar refractivity (Wildman–Crippen MR) is 93.8 cm³/mol. The average molecular weight is 385 g/mol. The van der Waals surface area contributed by atoms with Crippen molar-refractivity contribution in [2.75, 3.05) is 0 Å². The number of hydrogen-bond donors (Lipinski definition) is 1. The summed E-state index contributed by atoms with van der Waals surface area (Å²) >= 11 is 0. The monoisotopic (exact) mass is 385 g/mol. The van der Waals surface area contributed by atoms with Gasteiger partial charge in [0.1, 0.15) is 5.69 Å². The third kappa shape index (κ3) is 3.75. The van der Waals surface area contributed by atoms with Crippen LogP contribution in [0.1, 0.15) is 11.1 Å². The second-order valence-corrected chi connectivity index (χ2v) is 6.07. The van der Waals surface area contributed by atoms with E-state index in [1.807, 2.05) is 0 Å². The highest BCUT2D eigenvalue weighted by Crippen LogP contribution is 2.32. The van der Waals surface area contributed by atoms with Crippen LogP contribution in [-0.2, 0) is 19.1 Å². The Bertz CT molecular complexity index is 1070. The molecule has 10 heteroatoms. The Labute approximate surface area is 157 Å². The zero-order valence-corrected chi connectivity index (χ0v) is 14.4. The molecule has 28 heavy (non-hydrogen) atoms. The molecule has 4 rings (SSSR count). The third-order valence-electron chi connectivity index (χ3n) is 4.22. The van der Waals surface area contributed by atoms with Crippen LogP contribution >= 0.6 is 0 Å². The number of aromatic nitrogens is 7. The molecule has 0 radical (unpaired) electrons. The molecule has 142 valence electrons. The molecule has 0 bridgehead atoms. The molecule has 3 heterocycles. The smallest absolute Gasteiger partial charge is 0.336 e. The van der Waals surface area contributed by atoms with E-state index >= 15 is 0 Å². The molecule has 4 aromatic rings. The number of pyridine rings is 1. The molecule has 1 aromatic carbocycles. The average Bonchev–Trinajstić information content (AvgIpc) is 3.38. The van der Waals surface area contributed by atoms with Gasteiger partial charge in [-0.25, -0.2) is 4.98 Å². The number of imidazole rings is 1. The van der Waals surface area contributed by atoms with Gasteiger partial charge in [-0.3, -0.25) is 4.98 Å². The lowest BCUT2D eigenvalue weighted by Crippen LogP contribution is -2.10. The van der Waals surface area contributed by atoms with Gasteiger partial charge >= 0.3 is 6.18 Å². The van der Waals surface area contributed by atoms with Crippen molar-refractivity contribution in [1.82, 2.24) is 35.2 Å². The van der Waals surface area contributed by atoms with Crippen LogP contribution < -0.4 is 0 Å². The Morgan fingerprint density at radius 2 is 1.89 bits per heavy atom. The van der Waals surface area contributed by atoms with E-state index in [1.54, 1.807) is 41.5 Å². The summed E-state index contributed by atoms with van der Waals surface area (Å²) in [6, 6.07) is 9.12. The number of nitrogens with one attached hydrogen (secondary N) is 1. The summed E-state index contributed by atoms with van der Waals surface area (Å²) in [5.41, 5.74) is 1.59. The molecule has 0 aliphatic carbocycles. The van der Waals surface area contributed by atoms with Gasteiger partial charge in [0.15, 0.2) is 0 Å². The van der Waals surface area contributed by atoms with Crippen LogP contribution in [-0.4, -0.2) is 35.2 Å². The molecule has 0 amide bonds. The van der Waals surface area contributed by atoms with E-state index in [0.717, 1.165) is 11.6 Å². The summed E-state index contributed by atoms with van der Waals surface area (Å²) < 4.78 is 41.1. The van der Waals surface area contributed by atoms with Gasteiger partial charge in [0, 0.05) is 24.5 Å². The van der Waals surface area contributed by atoms with Gasteiger partial charge < -0.3 is 4.57 Å². The summed E-state index contributed by atoms with van der Waals surface area (Å²) in [7, 11) is 0. The number of tetrazole rings is 1. The summed E-state index contributed by atoms with van der Waals surface area (Å²) in [4.78, 5) is 8.59. The maximum atomic E-state index is 13.1. The second-order valence-electron chi connectivity index (χ2n) is 6.07. The lowest BCUT2D eigenvalue weighted by Gasteiger charge is -2.12. The fourth-order valence-electron chi connectivity index (χ4n) is 2.87. The molecule has 0 unspecified atom stereocenters. The Kier molecular flexibility index (Phi) is 4.60. The van der Waals surface area contributed by atoms with Gasteiger partial charge in [0.2, 0.25) is 5.82 Å². The van der Waals surface area contributed by atoms with E-state index in [-0.39, 0.29) is 12.0 Å². The quantitative estimate of drug-likeness (QED) is 0.569. The molecule has 0 atom stereocenters. The number of rotatable bonds is 5. The highest BCUT2D eigenvalue weighted by Gasteiger charge is 2.32. The Morgan fingerprint density at radius 3 is 2.68 bits per heavy atom. The van der Waals surface area contributed by atoms with Crippen LogP contribution in [0.5, 0.6) is 0 Å². The molecule has 7 nitrogen and oxygen atoms in total. The van der Waals surface area contributed by atoms with Gasteiger partial charge in [0.25, 0.3) is 0 Å². The fourth-order valence-corrected chi connectivity index (χ4v) is 2.87. The van der Waals surface area contributed by atoms with Gasteiger partial charge in [-0.15, -0.1) is 10.2 Å². The lowest BCUT2D eigenvalue weighted by molar-refractivity contribution is -0.138. The number of aromatic amines is 1. The fraction of sp³-hybridized carbons (Fsp3) is 0.167. The van der Waals surface area contributed by atoms with Crippen LogP contribution in [0.3, 0.4) is 0 Å². The van der Waals surface area contributed by atoms with Gasteiger partial charge in [-0.1, -0.05) is 18.2 Å². The molecule has 0 spiro atoms. The highest BCUT2D eigenvalue weighted by atomic mass is 19.4. The highest BCUT2D eigenvalue weighted by molar-refractivity contribution is 5.63. The third-order valence-corrected chi connectivity index (χ3v) is 4.22. The Balaban J connectivity index is 1.51. The number of aryl methyl sites for hydroxylation is 2. The first-order valence-electron chi connectivity index (χ1n) is 8.38. The van der Waals surface area contributed by atoms with Gasteiger partial charge in [-0.05, 0) is 35.4 Å². The maximum absolute atomic E-state index is 13.1. The number of hydrogen-bond acceptors (Lipinski definition) is 5. The summed E-state index contributed by atoms with van der Waals surface area (Å²) in [6.45, 7) is 0.366. The van der Waals surface area contributed by atoms with Crippen LogP contribution in [0.25, 0.3) is 22.8 Å². The summed E-state index contributed by atoms with van der Waals surface area (Å²) in [6.07, 6.45) is 0.810. The van der Waals surface area contributed by atoms with Crippen molar-refractivity contribution >= 4 is 0 Å². The molecular formula is C18H14F3N7. The van der Waals surface area contributed by atoms with E-state index in [0.29, 0.717) is 23.8 Å². The number of halogens is 3. The maximum Gasteiger partial charge on any atom is 0.416 e. The predicted octanol–water partition coefficient (Wildman–Crippen LogP) is 3.39. The van der Waals surface area contributed by atoms with Gasteiger partial charge in [-0.2, -0.15) is 18.4 Å². The van der Waals surface area contributed by atoms with Crippen molar-refractivity contribution < 1.29 is 13.2 Å². The van der Waals surface area contributed by atoms with Crippen LogP contribution in [0.15, 0.2) is 55.1 Å². The molecule has 3 aromatic heterocycles. The van der Waals surface area contributed by atoms with E-state index in [4.69, 9.17) is 0 Å². The van der Waals surface area contributed by atoms with Crippen molar-refractivity contribution in [3.05, 3.63) is 66.2 Å². The molecule has 0 saturated heterocycles. The number of alkyl halides is 3. The molecule has 1 N–H and O–H groups in total. The topological polar surface area (TPSA) is 85.2 Å². The number of H-pyrrole nitrogens is 1. The van der Waals surface area contributed by atoms with Crippen molar-refractivity contribution in [3.63, 3.8) is 0 Å². The summed E-state index contributed by atoms with van der Waals surface area (Å²) in [5, 5.41) is 13.8. The first-order chi connectivity index (χ1) is 13.5. The minimum atomic E-state index is -4.36. The number of nitrogens with zero attached hydrogens (tertiary/aromatic N) is 6. The zero-order chi connectivity index (χ0) is 19.6. The number of benzene rings is 1. The van der Waals surface area contributed by atoms with Crippen molar-refractivity contribution in [1.29, 1.82) is 0 Å². The first kappa shape index (κ1) is 17.8. The van der Waals surface area contributed by atoms with E-state index in [2.05, 4.69) is 30.6 Å². The van der Waals surface area contributed by atoms with Crippen molar-refractivity contribution in [2.45, 2.75) is 19.1 Å². The minimum absolute atomic E-state index is 0.238. The van der Waals surface area contributed by atoms with Gasteiger partial charge in [0.05, 0.1) is 17.6 Å². The van der Waals surface area contributed by atoms with Crippen LogP contribution in [0.2, 0.25) is 0 Å². The SMILES string of the molecule is FC(F)(F)c1ccccc1CCn1cnc(-c2cc(-c3nn[nH]n3)ccn2)c1. The van der Waals surface area contributed by atoms with Crippen molar-refractivity contribution in [3.8, 4) is 22.8 Å². The molecule has 0 saturated carbocycles. The first-order valence-corrected chi connectivity index (χ1v) is 8.38. The molecule has 0 aliphatic rings. The molecule has 0 aliphatic heterocycles. The largest absolute Gasteiger partial charge is 0.416 e. The minimum Gasteiger partial charge on any atom is -0.336 e. The Morgan fingerprint density at radius 1 is 1.04 bits per heavy atom. The molecule has 0 fully saturated rings. The molecular weight excluding hydrogens is 371 g/mol. The van der Waals surface area contributed by atoms with E-state index in [9.17, 15) is 13.2 Å². The van der Waals surface area contributed by atoms with Crippen LogP contribution in [0.4, 0.5) is 13.2 Å². The lowest BCUT2D eigenvalue weighted by atomic mass is 10.0. The van der Waals surface area contributed by atoms with Crippen LogP contribution in [0, 0.1) is 0 Å². The van der Waals surface area contributed by atoms with Crippen molar-refractivity contribution in [2.24, 2.45) is 0 Å². The second kappa shape index (κ2) is 7.22. The Hall–Kier alpha value is -3.56. The van der Waals surface area contributed by atoms with E-state index in [1.165, 1.54) is 12.1 Å².